The average molecular weight is 532 g/mol. The molecule has 3 N–H and O–H groups in total. The first kappa shape index (κ1) is 44.3. The number of thiol groups is 3. The maximum Gasteiger partial charge on any atom is 0.306 e. The van der Waals surface area contributed by atoms with Crippen molar-refractivity contribution in [3.05, 3.63) is 0 Å². The molecular formula is C18H33N3O9S3. The van der Waals surface area contributed by atoms with Crippen LogP contribution in [0.15, 0.2) is 0 Å². The number of hydrogen-bond acceptors (Lipinski definition) is 15. The lowest BCUT2D eigenvalue weighted by molar-refractivity contribution is -0.143. The quantitative estimate of drug-likeness (QED) is 0.0848. The normalized spacial score (nSPS) is 7.09. The van der Waals surface area contributed by atoms with Gasteiger partial charge >= 0.3 is 17.9 Å². The van der Waals surface area contributed by atoms with Crippen LogP contribution >= 0.6 is 37.9 Å². The third-order valence-electron chi connectivity index (χ3n) is 1.86. The smallest absolute Gasteiger partial charge is 0.306 e. The molecule has 0 unspecified atom stereocenters. The molecule has 33 heavy (non-hydrogen) atoms. The highest BCUT2D eigenvalue weighted by molar-refractivity contribution is 7.80. The lowest BCUT2D eigenvalue weighted by Gasteiger charge is -1.96. The van der Waals surface area contributed by atoms with Crippen LogP contribution < -0.4 is 0 Å². The Labute approximate surface area is 210 Å². The van der Waals surface area contributed by atoms with Gasteiger partial charge in [0.25, 0.3) is 0 Å². The van der Waals surface area contributed by atoms with E-state index in [9.17, 15) is 14.4 Å². The van der Waals surface area contributed by atoms with Crippen LogP contribution in [0.25, 0.3) is 0 Å². The molecule has 0 bridgehead atoms. The van der Waals surface area contributed by atoms with Gasteiger partial charge in [0, 0.05) is 17.3 Å². The van der Waals surface area contributed by atoms with Crippen molar-refractivity contribution in [2.24, 2.45) is 0 Å². The van der Waals surface area contributed by atoms with E-state index in [0.717, 1.165) is 18.2 Å². The summed E-state index contributed by atoms with van der Waals surface area (Å²) in [6.07, 6.45) is 3.49. The van der Waals surface area contributed by atoms with Gasteiger partial charge in [0.05, 0.1) is 39.1 Å². The summed E-state index contributed by atoms with van der Waals surface area (Å²) in [7, 11) is 0. The fraction of sp³-hybridized carbons (Fsp3) is 0.667. The Kier molecular flexibility index (Phi) is 69.7. The van der Waals surface area contributed by atoms with Crippen LogP contribution in [0, 0.1) is 16.2 Å². The van der Waals surface area contributed by atoms with Crippen LogP contribution in [-0.4, -0.2) is 73.2 Å². The number of nitrogens with one attached hydrogen (secondary N) is 3. The molecule has 0 heterocycles. The molecule has 0 atom stereocenters. The molecule has 0 aliphatic carbocycles. The predicted octanol–water partition coefficient (Wildman–Crippen LogP) is 2.31. The van der Waals surface area contributed by atoms with E-state index in [1.165, 1.54) is 0 Å². The summed E-state index contributed by atoms with van der Waals surface area (Å²) >= 11 is 11.6. The SMILES string of the molecule is CCOC(=O)CCS.CCOC(=O)CCS.CCOC(=O)CCS.N=C=O.N=C=O.N=C=O. The molecule has 12 nitrogen and oxygen atoms in total. The summed E-state index contributed by atoms with van der Waals surface area (Å²) < 4.78 is 13.8. The van der Waals surface area contributed by atoms with Gasteiger partial charge in [0.1, 0.15) is 0 Å². The Hall–Kier alpha value is -2.40. The van der Waals surface area contributed by atoms with Gasteiger partial charge in [-0.3, -0.25) is 14.4 Å². The maximum absolute atomic E-state index is 10.4. The van der Waals surface area contributed by atoms with Crippen molar-refractivity contribution in [2.45, 2.75) is 40.0 Å². The molecule has 0 radical (unpaired) electrons. The highest BCUT2D eigenvalue weighted by Gasteiger charge is 1.97. The second kappa shape index (κ2) is 51.9. The fourth-order valence-electron chi connectivity index (χ4n) is 0.973. The van der Waals surface area contributed by atoms with Crippen molar-refractivity contribution in [3.63, 3.8) is 0 Å². The molecule has 0 spiro atoms. The van der Waals surface area contributed by atoms with Crippen molar-refractivity contribution in [1.82, 2.24) is 0 Å². The van der Waals surface area contributed by atoms with Crippen LogP contribution in [0.5, 0.6) is 0 Å². The highest BCUT2D eigenvalue weighted by atomic mass is 32.1. The van der Waals surface area contributed by atoms with E-state index in [1.54, 1.807) is 20.8 Å². The second-order valence-electron chi connectivity index (χ2n) is 4.14. The van der Waals surface area contributed by atoms with Gasteiger partial charge in [-0.05, 0) is 20.8 Å². The number of esters is 3. The van der Waals surface area contributed by atoms with Gasteiger partial charge in [-0.2, -0.15) is 37.9 Å². The van der Waals surface area contributed by atoms with Crippen molar-refractivity contribution >= 4 is 74.0 Å². The predicted molar refractivity (Wildman–Crippen MR) is 131 cm³/mol. The fourth-order valence-corrected chi connectivity index (χ4v) is 1.52. The first-order chi connectivity index (χ1) is 15.7. The van der Waals surface area contributed by atoms with E-state index < -0.39 is 0 Å². The van der Waals surface area contributed by atoms with Crippen molar-refractivity contribution in [2.75, 3.05) is 37.1 Å². The van der Waals surface area contributed by atoms with E-state index >= 15 is 0 Å². The van der Waals surface area contributed by atoms with E-state index in [0.29, 0.717) is 56.3 Å². The number of carbonyl (C=O) groups excluding carboxylic acids is 6. The molecule has 0 aromatic rings. The Bertz CT molecular complexity index is 447. The first-order valence-electron chi connectivity index (χ1n) is 9.08. The van der Waals surface area contributed by atoms with Crippen LogP contribution in [0.2, 0.25) is 0 Å². The van der Waals surface area contributed by atoms with Crippen LogP contribution in [0.3, 0.4) is 0 Å². The molecule has 0 aromatic carbocycles. The monoisotopic (exact) mass is 531 g/mol. The minimum Gasteiger partial charge on any atom is -0.466 e. The Morgan fingerprint density at radius 1 is 0.576 bits per heavy atom. The summed E-state index contributed by atoms with van der Waals surface area (Å²) in [5.41, 5.74) is 0. The largest absolute Gasteiger partial charge is 0.466 e. The Balaban J connectivity index is -0.0000000702. The number of ether oxygens (including phenoxy) is 3. The average Bonchev–Trinajstić information content (AvgIpc) is 2.72. The number of hydrogen-bond donors (Lipinski definition) is 6. The van der Waals surface area contributed by atoms with Crippen molar-refractivity contribution in [1.29, 1.82) is 16.2 Å². The lowest BCUT2D eigenvalue weighted by Crippen LogP contribution is -2.03. The standard InChI is InChI=1S/3C5H10O2S.3CHNO/c3*1-2-7-5(6)3-4-8;3*2-1-3/h3*8H,2-4H2,1H3;3*2H. The molecule has 0 saturated heterocycles. The zero-order valence-corrected chi connectivity index (χ0v) is 21.6. The van der Waals surface area contributed by atoms with Gasteiger partial charge in [0.2, 0.25) is 18.2 Å². The molecular weight excluding hydrogens is 498 g/mol. The van der Waals surface area contributed by atoms with Gasteiger partial charge in [-0.15, -0.1) is 0 Å². The molecule has 15 heteroatoms. The van der Waals surface area contributed by atoms with E-state index in [1.807, 2.05) is 0 Å². The van der Waals surface area contributed by atoms with Gasteiger partial charge in [-0.25, -0.2) is 30.6 Å². The summed E-state index contributed by atoms with van der Waals surface area (Å²) in [6.45, 7) is 6.76. The number of isocyanates is 3. The molecule has 0 aliphatic heterocycles. The van der Waals surface area contributed by atoms with Crippen LogP contribution in [0.1, 0.15) is 40.0 Å². The third kappa shape index (κ3) is 92.7. The maximum atomic E-state index is 10.4. The summed E-state index contributed by atoms with van der Waals surface area (Å²) in [4.78, 5) is 56.2. The van der Waals surface area contributed by atoms with E-state index in [-0.39, 0.29) is 17.9 Å². The molecule has 0 aromatic heterocycles. The molecule has 0 rings (SSSR count). The molecule has 192 valence electrons. The molecule has 0 aliphatic rings. The summed E-state index contributed by atoms with van der Waals surface area (Å²) in [5, 5.41) is 16.2. The number of carbonyl (C=O) groups is 3. The lowest BCUT2D eigenvalue weighted by atomic mass is 10.5. The minimum atomic E-state index is -0.164. The van der Waals surface area contributed by atoms with Crippen LogP contribution in [-0.2, 0) is 43.0 Å². The van der Waals surface area contributed by atoms with Crippen molar-refractivity contribution < 1.29 is 43.0 Å². The Morgan fingerprint density at radius 3 is 0.818 bits per heavy atom. The molecule has 0 amide bonds. The topological polar surface area (TPSA) is 202 Å². The summed E-state index contributed by atoms with van der Waals surface area (Å²) in [6, 6.07) is 0. The van der Waals surface area contributed by atoms with E-state index in [2.05, 4.69) is 52.1 Å². The van der Waals surface area contributed by atoms with Gasteiger partial charge < -0.3 is 14.2 Å². The number of rotatable bonds is 9. The Morgan fingerprint density at radius 2 is 0.727 bits per heavy atom. The van der Waals surface area contributed by atoms with Gasteiger partial charge in [0.15, 0.2) is 0 Å². The highest BCUT2D eigenvalue weighted by Crippen LogP contribution is 1.88. The van der Waals surface area contributed by atoms with Crippen LogP contribution in [0.4, 0.5) is 0 Å². The summed E-state index contributed by atoms with van der Waals surface area (Å²) in [5.74, 6) is 1.21. The van der Waals surface area contributed by atoms with Gasteiger partial charge in [-0.1, -0.05) is 0 Å². The third-order valence-corrected chi connectivity index (χ3v) is 2.53. The van der Waals surface area contributed by atoms with Crippen molar-refractivity contribution in [3.8, 4) is 0 Å². The first-order valence-corrected chi connectivity index (χ1v) is 11.0. The zero-order chi connectivity index (χ0) is 27.3. The van der Waals surface area contributed by atoms with E-state index in [4.69, 9.17) is 30.6 Å². The molecule has 0 saturated carbocycles. The second-order valence-corrected chi connectivity index (χ2v) is 5.48. The molecule has 0 fully saturated rings. The minimum absolute atomic E-state index is 0.164. The zero-order valence-electron chi connectivity index (χ0n) is 18.9.